The average Bonchev–Trinajstić information content (AvgIpc) is 3.30. The van der Waals surface area contributed by atoms with Gasteiger partial charge >= 0.3 is 0 Å². The first-order chi connectivity index (χ1) is 13.9. The van der Waals surface area contributed by atoms with Crippen LogP contribution in [0.25, 0.3) is 0 Å². The van der Waals surface area contributed by atoms with Crippen LogP contribution in [0, 0.1) is 5.92 Å². The van der Waals surface area contributed by atoms with E-state index in [9.17, 15) is 14.4 Å². The molecule has 4 rings (SSSR count). The highest BCUT2D eigenvalue weighted by atomic mass is 32.1. The molecule has 2 aromatic rings. The van der Waals surface area contributed by atoms with E-state index < -0.39 is 11.6 Å². The minimum atomic E-state index is -1.40. The molecule has 0 saturated carbocycles. The van der Waals surface area contributed by atoms with E-state index in [-0.39, 0.29) is 30.6 Å². The normalized spacial score (nSPS) is 20.8. The highest BCUT2D eigenvalue weighted by Gasteiger charge is 2.60. The SMILES string of the molecule is CCc1nnc(NC(=O)C23CCC(=O)N2c2ccccc2C(=O)N3CC(C)C)s1. The number of benzene rings is 1. The van der Waals surface area contributed by atoms with Gasteiger partial charge in [0.2, 0.25) is 16.7 Å². The zero-order valence-corrected chi connectivity index (χ0v) is 17.5. The summed E-state index contributed by atoms with van der Waals surface area (Å²) in [5.41, 5.74) is -0.470. The third-order valence-corrected chi connectivity index (χ3v) is 6.26. The van der Waals surface area contributed by atoms with E-state index in [1.807, 2.05) is 20.8 Å². The highest BCUT2D eigenvalue weighted by molar-refractivity contribution is 7.15. The Bertz CT molecular complexity index is 988. The minimum Gasteiger partial charge on any atom is -0.307 e. The smallest absolute Gasteiger partial charge is 0.273 e. The lowest BCUT2D eigenvalue weighted by atomic mass is 9.94. The first kappa shape index (κ1) is 19.5. The van der Waals surface area contributed by atoms with E-state index >= 15 is 0 Å². The minimum absolute atomic E-state index is 0.125. The summed E-state index contributed by atoms with van der Waals surface area (Å²) in [7, 11) is 0. The summed E-state index contributed by atoms with van der Waals surface area (Å²) in [5.74, 6) is -0.701. The fraction of sp³-hybridized carbons (Fsp3) is 0.450. The summed E-state index contributed by atoms with van der Waals surface area (Å²) in [5, 5.41) is 12.1. The number of fused-ring (bicyclic) bond motifs is 3. The van der Waals surface area contributed by atoms with E-state index in [4.69, 9.17) is 0 Å². The second kappa shape index (κ2) is 7.22. The van der Waals surface area contributed by atoms with Crippen molar-refractivity contribution in [3.8, 4) is 0 Å². The van der Waals surface area contributed by atoms with Gasteiger partial charge in [0.15, 0.2) is 0 Å². The number of nitrogens with zero attached hydrogens (tertiary/aromatic N) is 4. The third kappa shape index (κ3) is 3.00. The van der Waals surface area contributed by atoms with Crippen molar-refractivity contribution in [2.24, 2.45) is 5.92 Å². The lowest BCUT2D eigenvalue weighted by Gasteiger charge is -2.49. The highest BCUT2D eigenvalue weighted by Crippen LogP contribution is 2.45. The number of rotatable bonds is 5. The largest absolute Gasteiger partial charge is 0.307 e. The molecular formula is C20H23N5O3S. The van der Waals surface area contributed by atoms with Gasteiger partial charge in [-0.15, -0.1) is 10.2 Å². The Kier molecular flexibility index (Phi) is 4.85. The molecule has 8 nitrogen and oxygen atoms in total. The lowest BCUT2D eigenvalue weighted by molar-refractivity contribution is -0.129. The van der Waals surface area contributed by atoms with Gasteiger partial charge in [-0.25, -0.2) is 0 Å². The quantitative estimate of drug-likeness (QED) is 0.813. The molecule has 29 heavy (non-hydrogen) atoms. The summed E-state index contributed by atoms with van der Waals surface area (Å²) in [6.45, 7) is 6.29. The van der Waals surface area contributed by atoms with Crippen molar-refractivity contribution in [3.63, 3.8) is 0 Å². The van der Waals surface area contributed by atoms with Gasteiger partial charge in [-0.2, -0.15) is 0 Å². The van der Waals surface area contributed by atoms with E-state index in [1.54, 1.807) is 29.2 Å². The van der Waals surface area contributed by atoms with Gasteiger partial charge in [0.05, 0.1) is 11.3 Å². The number of aromatic nitrogens is 2. The molecule has 9 heteroatoms. The fourth-order valence-electron chi connectivity index (χ4n) is 4.04. The number of nitrogens with one attached hydrogen (secondary N) is 1. The Labute approximate surface area is 172 Å². The lowest BCUT2D eigenvalue weighted by Crippen LogP contribution is -2.69. The van der Waals surface area contributed by atoms with Gasteiger partial charge in [-0.1, -0.05) is 44.2 Å². The number of amides is 3. The Morgan fingerprint density at radius 3 is 2.72 bits per heavy atom. The van der Waals surface area contributed by atoms with Crippen LogP contribution in [0.2, 0.25) is 0 Å². The van der Waals surface area contributed by atoms with Crippen molar-refractivity contribution in [1.29, 1.82) is 0 Å². The van der Waals surface area contributed by atoms with Crippen LogP contribution in [0.1, 0.15) is 49.0 Å². The Hall–Kier alpha value is -2.81. The van der Waals surface area contributed by atoms with E-state index in [0.29, 0.717) is 29.3 Å². The topological polar surface area (TPSA) is 95.5 Å². The molecule has 1 unspecified atom stereocenters. The predicted molar refractivity (Wildman–Crippen MR) is 110 cm³/mol. The molecule has 1 saturated heterocycles. The van der Waals surface area contributed by atoms with Gasteiger partial charge in [0.1, 0.15) is 5.01 Å². The third-order valence-electron chi connectivity index (χ3n) is 5.27. The molecule has 1 aromatic carbocycles. The maximum atomic E-state index is 13.6. The monoisotopic (exact) mass is 413 g/mol. The fourth-order valence-corrected chi connectivity index (χ4v) is 4.72. The number of carbonyl (C=O) groups is 3. The van der Waals surface area contributed by atoms with Gasteiger partial charge in [-0.05, 0) is 24.5 Å². The van der Waals surface area contributed by atoms with Crippen LogP contribution in [-0.4, -0.2) is 45.0 Å². The molecule has 0 spiro atoms. The second-order valence-corrected chi connectivity index (χ2v) is 8.74. The number of anilines is 2. The molecule has 152 valence electrons. The molecule has 0 aliphatic carbocycles. The van der Waals surface area contributed by atoms with Crippen molar-refractivity contribution in [1.82, 2.24) is 15.1 Å². The van der Waals surface area contributed by atoms with E-state index in [0.717, 1.165) is 5.01 Å². The number of aryl methyl sites for hydroxylation is 1. The summed E-state index contributed by atoms with van der Waals surface area (Å²) in [6, 6.07) is 6.98. The summed E-state index contributed by atoms with van der Waals surface area (Å²) >= 11 is 1.30. The maximum Gasteiger partial charge on any atom is 0.273 e. The van der Waals surface area contributed by atoms with Gasteiger partial charge in [0, 0.05) is 19.4 Å². The van der Waals surface area contributed by atoms with Crippen LogP contribution >= 0.6 is 11.3 Å². The van der Waals surface area contributed by atoms with Crippen LogP contribution in [0.3, 0.4) is 0 Å². The molecule has 2 aliphatic rings. The van der Waals surface area contributed by atoms with Crippen LogP contribution < -0.4 is 10.2 Å². The number of carbonyl (C=O) groups excluding carboxylic acids is 3. The molecule has 1 atom stereocenters. The molecule has 1 N–H and O–H groups in total. The van der Waals surface area contributed by atoms with Crippen molar-refractivity contribution in [3.05, 3.63) is 34.8 Å². The van der Waals surface area contributed by atoms with Crippen molar-refractivity contribution < 1.29 is 14.4 Å². The zero-order chi connectivity index (χ0) is 20.8. The summed E-state index contributed by atoms with van der Waals surface area (Å²) < 4.78 is 0. The number of hydrogen-bond donors (Lipinski definition) is 1. The Balaban J connectivity index is 1.82. The van der Waals surface area contributed by atoms with Crippen LogP contribution in [0.5, 0.6) is 0 Å². The maximum absolute atomic E-state index is 13.6. The van der Waals surface area contributed by atoms with E-state index in [2.05, 4.69) is 15.5 Å². The second-order valence-electron chi connectivity index (χ2n) is 7.68. The molecule has 0 bridgehead atoms. The van der Waals surface area contributed by atoms with Crippen molar-refractivity contribution in [2.45, 2.75) is 45.7 Å². The van der Waals surface area contributed by atoms with Crippen molar-refractivity contribution >= 4 is 39.9 Å². The molecular weight excluding hydrogens is 390 g/mol. The molecule has 1 fully saturated rings. The molecule has 1 aromatic heterocycles. The molecule has 3 heterocycles. The first-order valence-electron chi connectivity index (χ1n) is 9.76. The Morgan fingerprint density at radius 2 is 2.03 bits per heavy atom. The van der Waals surface area contributed by atoms with Gasteiger partial charge < -0.3 is 4.90 Å². The standard InChI is InChI=1S/C20H23N5O3S/c1-4-15-22-23-19(29-15)21-18(28)20-10-9-16(26)25(20)14-8-6-5-7-13(14)17(27)24(20)11-12(2)3/h5-8,12H,4,9-11H2,1-3H3,(H,21,23,28). The Morgan fingerprint density at radius 1 is 1.28 bits per heavy atom. The van der Waals surface area contributed by atoms with Crippen LogP contribution in [0.15, 0.2) is 24.3 Å². The first-order valence-corrected chi connectivity index (χ1v) is 10.6. The molecule has 3 amide bonds. The van der Waals surface area contributed by atoms with Crippen molar-refractivity contribution in [2.75, 3.05) is 16.8 Å². The number of para-hydroxylation sites is 1. The molecule has 0 radical (unpaired) electrons. The van der Waals surface area contributed by atoms with Gasteiger partial charge in [-0.3, -0.25) is 24.6 Å². The van der Waals surface area contributed by atoms with Crippen LogP contribution in [0.4, 0.5) is 10.8 Å². The molecule has 2 aliphatic heterocycles. The van der Waals surface area contributed by atoms with E-state index in [1.165, 1.54) is 16.2 Å². The zero-order valence-electron chi connectivity index (χ0n) is 16.6. The average molecular weight is 414 g/mol. The van der Waals surface area contributed by atoms with Gasteiger partial charge in [0.25, 0.3) is 11.8 Å². The van der Waals surface area contributed by atoms with Crippen LogP contribution in [-0.2, 0) is 16.0 Å². The summed E-state index contributed by atoms with van der Waals surface area (Å²) in [6.07, 6.45) is 1.15. The summed E-state index contributed by atoms with van der Waals surface area (Å²) in [4.78, 5) is 43.0. The number of hydrogen-bond acceptors (Lipinski definition) is 6. The predicted octanol–water partition coefficient (Wildman–Crippen LogP) is 2.67.